The lowest BCUT2D eigenvalue weighted by Crippen LogP contribution is -2.26. The van der Waals surface area contributed by atoms with E-state index in [1.807, 2.05) is 24.3 Å². The van der Waals surface area contributed by atoms with Crippen LogP contribution in [0.25, 0.3) is 0 Å². The van der Waals surface area contributed by atoms with Gasteiger partial charge in [-0.1, -0.05) is 29.8 Å². The molecule has 0 unspecified atom stereocenters. The summed E-state index contributed by atoms with van der Waals surface area (Å²) in [5, 5.41) is 3.05. The number of para-hydroxylation sites is 1. The number of benzene rings is 2. The summed E-state index contributed by atoms with van der Waals surface area (Å²) in [6.45, 7) is 0. The first-order chi connectivity index (χ1) is 10.6. The second-order valence-corrected chi connectivity index (χ2v) is 5.70. The molecule has 1 aliphatic rings. The molecule has 1 amide bonds. The number of methoxy groups -OCH3 is 1. The number of carbonyl (C=O) groups excluding carboxylic acids is 1. The number of nitrogens with one attached hydrogen (secondary N) is 1. The predicted molar refractivity (Wildman–Crippen MR) is 83.0 cm³/mol. The van der Waals surface area contributed by atoms with Gasteiger partial charge < -0.3 is 10.1 Å². The predicted octanol–water partition coefficient (Wildman–Crippen LogP) is 3.77. The van der Waals surface area contributed by atoms with Crippen molar-refractivity contribution in [3.8, 4) is 5.75 Å². The standard InChI is InChI=1S/C17H15ClFNO2/c1-22-16-5-3-2-4-11(16)13-9-15(13)20-17(21)12-7-6-10(19)8-14(12)18/h2-8,13,15H,9H2,1H3,(H,20,21)/t13-,15+/m0/s1. The molecule has 0 aromatic heterocycles. The van der Waals surface area contributed by atoms with Crippen LogP contribution >= 0.6 is 11.6 Å². The SMILES string of the molecule is COc1ccccc1[C@@H]1C[C@H]1NC(=O)c1ccc(F)cc1Cl. The molecule has 0 spiro atoms. The number of hydrogen-bond donors (Lipinski definition) is 1. The molecule has 114 valence electrons. The average Bonchev–Trinajstić information content (AvgIpc) is 3.26. The van der Waals surface area contributed by atoms with E-state index in [0.29, 0.717) is 0 Å². The zero-order valence-electron chi connectivity index (χ0n) is 12.0. The molecule has 0 radical (unpaired) electrons. The highest BCUT2D eigenvalue weighted by atomic mass is 35.5. The van der Waals surface area contributed by atoms with Gasteiger partial charge in [-0.05, 0) is 36.2 Å². The summed E-state index contributed by atoms with van der Waals surface area (Å²) in [5.41, 5.74) is 1.37. The van der Waals surface area contributed by atoms with Gasteiger partial charge in [0.2, 0.25) is 0 Å². The average molecular weight is 320 g/mol. The van der Waals surface area contributed by atoms with E-state index in [-0.39, 0.29) is 28.5 Å². The molecule has 3 rings (SSSR count). The molecule has 0 bridgehead atoms. The van der Waals surface area contributed by atoms with Crippen LogP contribution in [0.4, 0.5) is 4.39 Å². The van der Waals surface area contributed by atoms with Crippen molar-refractivity contribution < 1.29 is 13.9 Å². The van der Waals surface area contributed by atoms with Crippen LogP contribution in [0.2, 0.25) is 5.02 Å². The van der Waals surface area contributed by atoms with Gasteiger partial charge in [0.05, 0.1) is 17.7 Å². The third kappa shape index (κ3) is 2.92. The van der Waals surface area contributed by atoms with Crippen LogP contribution in [0, 0.1) is 5.82 Å². The summed E-state index contributed by atoms with van der Waals surface area (Å²) < 4.78 is 18.4. The van der Waals surface area contributed by atoms with Gasteiger partial charge in [0, 0.05) is 12.0 Å². The monoisotopic (exact) mass is 319 g/mol. The van der Waals surface area contributed by atoms with Crippen LogP contribution in [0.15, 0.2) is 42.5 Å². The highest BCUT2D eigenvalue weighted by Gasteiger charge is 2.41. The quantitative estimate of drug-likeness (QED) is 0.931. The number of rotatable bonds is 4. The highest BCUT2D eigenvalue weighted by Crippen LogP contribution is 2.44. The summed E-state index contributed by atoms with van der Waals surface area (Å²) >= 11 is 5.91. The fourth-order valence-corrected chi connectivity index (χ4v) is 2.84. The van der Waals surface area contributed by atoms with Crippen molar-refractivity contribution in [2.75, 3.05) is 7.11 Å². The second kappa shape index (κ2) is 5.97. The Morgan fingerprint density at radius 3 is 2.82 bits per heavy atom. The van der Waals surface area contributed by atoms with Gasteiger partial charge in [-0.15, -0.1) is 0 Å². The van der Waals surface area contributed by atoms with Gasteiger partial charge in [0.25, 0.3) is 5.91 Å². The van der Waals surface area contributed by atoms with Gasteiger partial charge in [-0.2, -0.15) is 0 Å². The van der Waals surface area contributed by atoms with Gasteiger partial charge >= 0.3 is 0 Å². The summed E-state index contributed by atoms with van der Waals surface area (Å²) in [4.78, 5) is 12.2. The summed E-state index contributed by atoms with van der Waals surface area (Å²) in [5.74, 6) is 0.315. The van der Waals surface area contributed by atoms with Crippen LogP contribution in [-0.4, -0.2) is 19.1 Å². The molecule has 1 N–H and O–H groups in total. The summed E-state index contributed by atoms with van der Waals surface area (Å²) in [6, 6.07) is 11.6. The number of carbonyl (C=O) groups is 1. The van der Waals surface area contributed by atoms with Gasteiger partial charge in [0.1, 0.15) is 11.6 Å². The Kier molecular flexibility index (Phi) is 4.03. The minimum absolute atomic E-state index is 0.0462. The van der Waals surface area contributed by atoms with Crippen LogP contribution in [0.3, 0.4) is 0 Å². The Bertz CT molecular complexity index is 720. The molecule has 1 aliphatic carbocycles. The van der Waals surface area contributed by atoms with Gasteiger partial charge in [-0.25, -0.2) is 4.39 Å². The first kappa shape index (κ1) is 14.9. The summed E-state index contributed by atoms with van der Waals surface area (Å²) in [7, 11) is 1.63. The largest absolute Gasteiger partial charge is 0.496 e. The summed E-state index contributed by atoms with van der Waals surface area (Å²) in [6.07, 6.45) is 0.852. The highest BCUT2D eigenvalue weighted by molar-refractivity contribution is 6.33. The van der Waals surface area contributed by atoms with Crippen molar-refractivity contribution in [2.45, 2.75) is 18.4 Å². The topological polar surface area (TPSA) is 38.3 Å². The van der Waals surface area contributed by atoms with Crippen molar-refractivity contribution in [1.82, 2.24) is 5.32 Å². The number of amides is 1. The molecule has 1 saturated carbocycles. The Balaban J connectivity index is 1.69. The zero-order valence-corrected chi connectivity index (χ0v) is 12.7. The fourth-order valence-electron chi connectivity index (χ4n) is 2.59. The lowest BCUT2D eigenvalue weighted by atomic mass is 10.1. The minimum atomic E-state index is -0.458. The molecule has 0 aliphatic heterocycles. The van der Waals surface area contributed by atoms with Crippen LogP contribution < -0.4 is 10.1 Å². The Hall–Kier alpha value is -2.07. The molecule has 3 nitrogen and oxygen atoms in total. The maximum atomic E-state index is 13.0. The molecule has 2 atom stereocenters. The normalized spacial score (nSPS) is 19.6. The van der Waals surface area contributed by atoms with E-state index in [9.17, 15) is 9.18 Å². The molecular weight excluding hydrogens is 305 g/mol. The van der Waals surface area contributed by atoms with Crippen molar-refractivity contribution in [3.05, 3.63) is 64.4 Å². The van der Waals surface area contributed by atoms with Crippen molar-refractivity contribution in [1.29, 1.82) is 0 Å². The minimum Gasteiger partial charge on any atom is -0.496 e. The fraction of sp³-hybridized carbons (Fsp3) is 0.235. The molecule has 1 fully saturated rings. The Labute approximate surface area is 133 Å². The molecule has 2 aromatic rings. The van der Waals surface area contributed by atoms with Gasteiger partial charge in [0.15, 0.2) is 0 Å². The Morgan fingerprint density at radius 1 is 1.32 bits per heavy atom. The Morgan fingerprint density at radius 2 is 2.09 bits per heavy atom. The first-order valence-electron chi connectivity index (χ1n) is 6.99. The van der Waals surface area contributed by atoms with E-state index < -0.39 is 5.82 Å². The molecule has 22 heavy (non-hydrogen) atoms. The van der Waals surface area contributed by atoms with E-state index in [0.717, 1.165) is 23.8 Å². The lowest BCUT2D eigenvalue weighted by molar-refractivity contribution is 0.0950. The van der Waals surface area contributed by atoms with E-state index in [2.05, 4.69) is 5.32 Å². The third-order valence-corrected chi connectivity index (χ3v) is 4.13. The van der Waals surface area contributed by atoms with E-state index in [1.54, 1.807) is 7.11 Å². The van der Waals surface area contributed by atoms with Gasteiger partial charge in [-0.3, -0.25) is 4.79 Å². The molecule has 5 heteroatoms. The zero-order chi connectivity index (χ0) is 15.7. The molecule has 0 heterocycles. The number of halogens is 2. The van der Waals surface area contributed by atoms with Crippen LogP contribution in [0.5, 0.6) is 5.75 Å². The van der Waals surface area contributed by atoms with Crippen LogP contribution in [-0.2, 0) is 0 Å². The first-order valence-corrected chi connectivity index (χ1v) is 7.36. The van der Waals surface area contributed by atoms with Crippen molar-refractivity contribution in [2.24, 2.45) is 0 Å². The third-order valence-electron chi connectivity index (χ3n) is 3.82. The molecule has 2 aromatic carbocycles. The van der Waals surface area contributed by atoms with Crippen molar-refractivity contribution >= 4 is 17.5 Å². The van der Waals surface area contributed by atoms with E-state index in [1.165, 1.54) is 12.1 Å². The number of hydrogen-bond acceptors (Lipinski definition) is 2. The van der Waals surface area contributed by atoms with Crippen molar-refractivity contribution in [3.63, 3.8) is 0 Å². The maximum Gasteiger partial charge on any atom is 0.253 e. The van der Waals surface area contributed by atoms with E-state index in [4.69, 9.17) is 16.3 Å². The molecular formula is C17H15ClFNO2. The van der Waals surface area contributed by atoms with Crippen LogP contribution in [0.1, 0.15) is 28.3 Å². The maximum absolute atomic E-state index is 13.0. The molecule has 0 saturated heterocycles. The van der Waals surface area contributed by atoms with E-state index >= 15 is 0 Å². The second-order valence-electron chi connectivity index (χ2n) is 5.29. The smallest absolute Gasteiger partial charge is 0.253 e. The lowest BCUT2D eigenvalue weighted by Gasteiger charge is -2.09. The number of ether oxygens (including phenoxy) is 1.